The summed E-state index contributed by atoms with van der Waals surface area (Å²) in [5, 5.41) is 5.70. The van der Waals surface area contributed by atoms with Gasteiger partial charge in [0, 0.05) is 30.4 Å². The molecule has 0 spiro atoms. The Kier molecular flexibility index (Phi) is 2.01. The molecule has 0 aromatic carbocycles. The van der Waals surface area contributed by atoms with Crippen molar-refractivity contribution in [3.05, 3.63) is 24.2 Å². The second-order valence-corrected chi connectivity index (χ2v) is 4.83. The third kappa shape index (κ3) is 1.59. The Balaban J connectivity index is 1.91. The number of rotatable bonds is 3. The minimum absolute atomic E-state index is 0.103. The average molecular weight is 216 g/mol. The van der Waals surface area contributed by atoms with Crippen molar-refractivity contribution >= 4 is 10.9 Å². The predicted molar refractivity (Wildman–Crippen MR) is 63.0 cm³/mol. The fraction of sp³-hybridized carbons (Fsp3) is 0.500. The number of aryl methyl sites for hydroxylation is 2. The second-order valence-electron chi connectivity index (χ2n) is 4.83. The van der Waals surface area contributed by atoms with Crippen molar-refractivity contribution in [2.75, 3.05) is 0 Å². The minimum Gasteiger partial charge on any atom is -0.325 e. The summed E-state index contributed by atoms with van der Waals surface area (Å²) in [6, 6.07) is 2.00. The molecule has 1 saturated carbocycles. The van der Waals surface area contributed by atoms with Gasteiger partial charge in [-0.3, -0.25) is 9.67 Å². The van der Waals surface area contributed by atoms with E-state index in [2.05, 4.69) is 10.1 Å². The predicted octanol–water partition coefficient (Wildman–Crippen LogP) is 1.39. The Morgan fingerprint density at radius 2 is 2.31 bits per heavy atom. The highest BCUT2D eigenvalue weighted by atomic mass is 15.3. The van der Waals surface area contributed by atoms with Gasteiger partial charge >= 0.3 is 0 Å². The molecule has 0 bridgehead atoms. The van der Waals surface area contributed by atoms with E-state index in [4.69, 9.17) is 5.73 Å². The Labute approximate surface area is 94.5 Å². The average Bonchev–Trinajstić information content (AvgIpc) is 2.94. The molecule has 84 valence electrons. The van der Waals surface area contributed by atoms with E-state index in [1.54, 1.807) is 6.20 Å². The maximum Gasteiger partial charge on any atom is 0.0719 e. The van der Waals surface area contributed by atoms with Crippen molar-refractivity contribution in [3.63, 3.8) is 0 Å². The zero-order valence-electron chi connectivity index (χ0n) is 9.48. The van der Waals surface area contributed by atoms with E-state index in [0.29, 0.717) is 0 Å². The fourth-order valence-corrected chi connectivity index (χ4v) is 2.14. The van der Waals surface area contributed by atoms with Gasteiger partial charge in [-0.25, -0.2) is 0 Å². The van der Waals surface area contributed by atoms with Crippen molar-refractivity contribution in [2.24, 2.45) is 12.8 Å². The SMILES string of the molecule is Cn1nc(CCC2(N)CC2)c2cnccc21. The van der Waals surface area contributed by atoms with Crippen LogP contribution in [0.2, 0.25) is 0 Å². The van der Waals surface area contributed by atoms with Gasteiger partial charge in [0.1, 0.15) is 0 Å². The van der Waals surface area contributed by atoms with Crippen LogP contribution >= 0.6 is 0 Å². The molecule has 1 fully saturated rings. The molecule has 0 atom stereocenters. The highest BCUT2D eigenvalue weighted by Crippen LogP contribution is 2.36. The number of hydrogen-bond acceptors (Lipinski definition) is 3. The normalized spacial score (nSPS) is 17.9. The second kappa shape index (κ2) is 3.28. The van der Waals surface area contributed by atoms with Crippen LogP contribution < -0.4 is 5.73 Å². The number of pyridine rings is 1. The number of nitrogens with two attached hydrogens (primary N) is 1. The summed E-state index contributed by atoms with van der Waals surface area (Å²) in [6.07, 6.45) is 8.02. The molecule has 1 aliphatic carbocycles. The standard InChI is InChI=1S/C12H16N4/c1-16-11-3-7-14-8-9(11)10(15-16)2-4-12(13)5-6-12/h3,7-8H,2,4-6,13H2,1H3. The van der Waals surface area contributed by atoms with E-state index in [9.17, 15) is 0 Å². The largest absolute Gasteiger partial charge is 0.325 e. The van der Waals surface area contributed by atoms with Gasteiger partial charge < -0.3 is 5.73 Å². The van der Waals surface area contributed by atoms with Crippen LogP contribution in [0.3, 0.4) is 0 Å². The van der Waals surface area contributed by atoms with Crippen LogP contribution in [-0.2, 0) is 13.5 Å². The molecule has 1 aliphatic rings. The monoisotopic (exact) mass is 216 g/mol. The van der Waals surface area contributed by atoms with Crippen LogP contribution in [0.15, 0.2) is 18.5 Å². The van der Waals surface area contributed by atoms with Crippen LogP contribution in [0.25, 0.3) is 10.9 Å². The molecule has 0 radical (unpaired) electrons. The smallest absolute Gasteiger partial charge is 0.0719 e. The zero-order chi connectivity index (χ0) is 11.2. The summed E-state index contributed by atoms with van der Waals surface area (Å²) in [5.74, 6) is 0. The number of hydrogen-bond donors (Lipinski definition) is 1. The molecular formula is C12H16N4. The summed E-state index contributed by atoms with van der Waals surface area (Å²) < 4.78 is 1.92. The zero-order valence-corrected chi connectivity index (χ0v) is 9.48. The van der Waals surface area contributed by atoms with Gasteiger partial charge in [0.2, 0.25) is 0 Å². The molecular weight excluding hydrogens is 200 g/mol. The summed E-state index contributed by atoms with van der Waals surface area (Å²) in [4.78, 5) is 4.16. The molecule has 0 saturated heterocycles. The Hall–Kier alpha value is -1.42. The van der Waals surface area contributed by atoms with Gasteiger partial charge in [0.15, 0.2) is 0 Å². The molecule has 0 amide bonds. The molecule has 16 heavy (non-hydrogen) atoms. The summed E-state index contributed by atoms with van der Waals surface area (Å²) in [7, 11) is 1.97. The molecule has 2 aromatic rings. The number of fused-ring (bicyclic) bond motifs is 1. The first-order chi connectivity index (χ1) is 7.68. The van der Waals surface area contributed by atoms with Gasteiger partial charge in [0.05, 0.1) is 11.2 Å². The van der Waals surface area contributed by atoms with Gasteiger partial charge in [-0.2, -0.15) is 5.10 Å². The van der Waals surface area contributed by atoms with Crippen LogP contribution in [0.1, 0.15) is 25.0 Å². The molecule has 2 N–H and O–H groups in total. The first-order valence-electron chi connectivity index (χ1n) is 5.72. The van der Waals surface area contributed by atoms with Crippen LogP contribution in [0.5, 0.6) is 0 Å². The van der Waals surface area contributed by atoms with Crippen molar-refractivity contribution in [2.45, 2.75) is 31.2 Å². The third-order valence-electron chi connectivity index (χ3n) is 3.48. The highest BCUT2D eigenvalue weighted by molar-refractivity contribution is 5.80. The van der Waals surface area contributed by atoms with E-state index in [0.717, 1.165) is 42.3 Å². The van der Waals surface area contributed by atoms with Crippen LogP contribution in [0.4, 0.5) is 0 Å². The lowest BCUT2D eigenvalue weighted by atomic mass is 10.1. The summed E-state index contributed by atoms with van der Waals surface area (Å²) >= 11 is 0. The maximum atomic E-state index is 6.10. The van der Waals surface area contributed by atoms with Crippen molar-refractivity contribution in [3.8, 4) is 0 Å². The van der Waals surface area contributed by atoms with Gasteiger partial charge in [-0.15, -0.1) is 0 Å². The molecule has 0 unspecified atom stereocenters. The van der Waals surface area contributed by atoms with Gasteiger partial charge in [-0.05, 0) is 31.7 Å². The van der Waals surface area contributed by atoms with Gasteiger partial charge in [-0.1, -0.05) is 0 Å². The first-order valence-corrected chi connectivity index (χ1v) is 5.72. The number of aromatic nitrogens is 3. The molecule has 2 heterocycles. The van der Waals surface area contributed by atoms with E-state index >= 15 is 0 Å². The molecule has 2 aromatic heterocycles. The van der Waals surface area contributed by atoms with Crippen LogP contribution in [-0.4, -0.2) is 20.3 Å². The third-order valence-corrected chi connectivity index (χ3v) is 3.48. The van der Waals surface area contributed by atoms with Gasteiger partial charge in [0.25, 0.3) is 0 Å². The van der Waals surface area contributed by atoms with Crippen LogP contribution in [0, 0.1) is 0 Å². The maximum absolute atomic E-state index is 6.10. The van der Waals surface area contributed by atoms with Crippen molar-refractivity contribution in [1.82, 2.24) is 14.8 Å². The quantitative estimate of drug-likeness (QED) is 0.843. The summed E-state index contributed by atoms with van der Waals surface area (Å²) in [6.45, 7) is 0. The minimum atomic E-state index is 0.103. The Morgan fingerprint density at radius 3 is 3.06 bits per heavy atom. The Bertz CT molecular complexity index is 525. The van der Waals surface area contributed by atoms with E-state index < -0.39 is 0 Å². The lowest BCUT2D eigenvalue weighted by Gasteiger charge is -2.05. The topological polar surface area (TPSA) is 56.7 Å². The van der Waals surface area contributed by atoms with E-state index in [-0.39, 0.29) is 5.54 Å². The lowest BCUT2D eigenvalue weighted by Crippen LogP contribution is -2.22. The highest BCUT2D eigenvalue weighted by Gasteiger charge is 2.37. The summed E-state index contributed by atoms with van der Waals surface area (Å²) in [5.41, 5.74) is 8.47. The first kappa shape index (κ1) is 9.78. The Morgan fingerprint density at radius 1 is 1.50 bits per heavy atom. The van der Waals surface area contributed by atoms with Crippen molar-refractivity contribution < 1.29 is 0 Å². The number of nitrogens with zero attached hydrogens (tertiary/aromatic N) is 3. The molecule has 4 heteroatoms. The van der Waals surface area contributed by atoms with Crippen molar-refractivity contribution in [1.29, 1.82) is 0 Å². The molecule has 3 rings (SSSR count). The molecule has 0 aliphatic heterocycles. The molecule has 4 nitrogen and oxygen atoms in total. The lowest BCUT2D eigenvalue weighted by molar-refractivity contribution is 0.599. The fourth-order valence-electron chi connectivity index (χ4n) is 2.14. The van der Waals surface area contributed by atoms with E-state index in [1.807, 2.05) is 24.0 Å². The van der Waals surface area contributed by atoms with E-state index in [1.165, 1.54) is 0 Å².